The van der Waals surface area contributed by atoms with Crippen LogP contribution in [0.1, 0.15) is 12.7 Å². The molecule has 0 aliphatic rings. The van der Waals surface area contributed by atoms with Gasteiger partial charge >= 0.3 is 0 Å². The maximum Gasteiger partial charge on any atom is 0.294 e. The van der Waals surface area contributed by atoms with Gasteiger partial charge in [0.2, 0.25) is 11.9 Å². The zero-order valence-electron chi connectivity index (χ0n) is 15.5. The minimum Gasteiger partial charge on any atom is -0.324 e. The molecule has 1 aromatic heterocycles. The van der Waals surface area contributed by atoms with Gasteiger partial charge in [-0.15, -0.1) is 0 Å². The summed E-state index contributed by atoms with van der Waals surface area (Å²) in [5.41, 5.74) is 0.803. The van der Waals surface area contributed by atoms with Crippen molar-refractivity contribution in [2.45, 2.75) is 23.1 Å². The van der Waals surface area contributed by atoms with Gasteiger partial charge in [-0.1, -0.05) is 13.0 Å². The van der Waals surface area contributed by atoms with Crippen LogP contribution in [0.2, 0.25) is 0 Å². The molecule has 0 fully saturated rings. The van der Waals surface area contributed by atoms with Crippen LogP contribution in [0.25, 0.3) is 0 Å². The summed E-state index contributed by atoms with van der Waals surface area (Å²) in [5.74, 6) is 0.733. The highest BCUT2D eigenvalue weighted by Gasteiger charge is 2.12. The second-order valence-electron chi connectivity index (χ2n) is 6.00. The smallest absolute Gasteiger partial charge is 0.294 e. The molecule has 3 rings (SSSR count). The Kier molecular flexibility index (Phi) is 5.98. The van der Waals surface area contributed by atoms with E-state index in [0.29, 0.717) is 23.6 Å². The minimum atomic E-state index is -4.36. The van der Waals surface area contributed by atoms with E-state index in [1.54, 1.807) is 6.07 Å². The molecule has 4 N–H and O–H groups in total. The second-order valence-corrected chi connectivity index (χ2v) is 8.85. The van der Waals surface area contributed by atoms with Crippen molar-refractivity contribution in [3.8, 4) is 0 Å². The SMILES string of the molecule is CCc1nc(Nc2ccc(S(=O)(=O)O)cc2)nc(Nc2cccc(S(=O)(=O)O)c2)n1. The van der Waals surface area contributed by atoms with E-state index < -0.39 is 20.2 Å². The van der Waals surface area contributed by atoms with Crippen LogP contribution in [0.4, 0.5) is 23.3 Å². The summed E-state index contributed by atoms with van der Waals surface area (Å²) in [4.78, 5) is 12.1. The van der Waals surface area contributed by atoms with E-state index in [1.807, 2.05) is 6.92 Å². The number of hydrogen-bond donors (Lipinski definition) is 4. The second kappa shape index (κ2) is 8.31. The Bertz CT molecular complexity index is 1280. The van der Waals surface area contributed by atoms with Crippen LogP contribution in [-0.2, 0) is 26.7 Å². The van der Waals surface area contributed by atoms with Crippen molar-refractivity contribution in [3.63, 3.8) is 0 Å². The van der Waals surface area contributed by atoms with Crippen molar-refractivity contribution in [1.82, 2.24) is 15.0 Å². The topological polar surface area (TPSA) is 171 Å². The van der Waals surface area contributed by atoms with Gasteiger partial charge < -0.3 is 10.6 Å². The zero-order chi connectivity index (χ0) is 21.9. The van der Waals surface area contributed by atoms with Gasteiger partial charge in [0.1, 0.15) is 5.82 Å². The lowest BCUT2D eigenvalue weighted by Crippen LogP contribution is -2.07. The molecule has 158 valence electrons. The van der Waals surface area contributed by atoms with Crippen molar-refractivity contribution >= 4 is 43.5 Å². The Morgan fingerprint density at radius 1 is 0.767 bits per heavy atom. The lowest BCUT2D eigenvalue weighted by atomic mass is 10.3. The van der Waals surface area contributed by atoms with E-state index in [2.05, 4.69) is 25.6 Å². The molecule has 0 radical (unpaired) electrons. The highest BCUT2D eigenvalue weighted by Crippen LogP contribution is 2.21. The number of rotatable bonds is 7. The molecule has 0 saturated carbocycles. The van der Waals surface area contributed by atoms with Crippen LogP contribution in [0, 0.1) is 0 Å². The van der Waals surface area contributed by atoms with E-state index in [9.17, 15) is 21.4 Å². The fraction of sp³-hybridized carbons (Fsp3) is 0.118. The van der Waals surface area contributed by atoms with Crippen LogP contribution < -0.4 is 10.6 Å². The van der Waals surface area contributed by atoms with Gasteiger partial charge in [0.25, 0.3) is 20.2 Å². The number of benzene rings is 2. The first-order valence-electron chi connectivity index (χ1n) is 8.49. The predicted molar refractivity (Wildman–Crippen MR) is 108 cm³/mol. The molecule has 0 spiro atoms. The Morgan fingerprint density at radius 3 is 1.87 bits per heavy atom. The van der Waals surface area contributed by atoms with Crippen LogP contribution >= 0.6 is 0 Å². The number of nitrogens with zero attached hydrogens (tertiary/aromatic N) is 3. The van der Waals surface area contributed by atoms with Gasteiger partial charge in [0.15, 0.2) is 0 Å². The summed E-state index contributed by atoms with van der Waals surface area (Å²) in [6.07, 6.45) is 0.485. The van der Waals surface area contributed by atoms with Crippen LogP contribution in [-0.4, -0.2) is 40.9 Å². The van der Waals surface area contributed by atoms with E-state index in [4.69, 9.17) is 4.55 Å². The molecule has 0 aliphatic heterocycles. The van der Waals surface area contributed by atoms with Crippen LogP contribution in [0.5, 0.6) is 0 Å². The molecule has 2 aromatic carbocycles. The van der Waals surface area contributed by atoms with E-state index >= 15 is 0 Å². The lowest BCUT2D eigenvalue weighted by molar-refractivity contribution is 0.481. The summed E-state index contributed by atoms with van der Waals surface area (Å²) in [6.45, 7) is 1.84. The summed E-state index contributed by atoms with van der Waals surface area (Å²) in [7, 11) is -8.66. The number of anilines is 4. The van der Waals surface area contributed by atoms with Crippen molar-refractivity contribution in [2.24, 2.45) is 0 Å². The summed E-state index contributed by atoms with van der Waals surface area (Å²) in [5, 5.41) is 5.76. The molecule has 0 atom stereocenters. The third kappa shape index (κ3) is 5.48. The Balaban J connectivity index is 1.87. The summed E-state index contributed by atoms with van der Waals surface area (Å²) in [6, 6.07) is 10.8. The third-order valence-corrected chi connectivity index (χ3v) is 5.51. The van der Waals surface area contributed by atoms with Gasteiger partial charge in [-0.05, 0) is 42.5 Å². The molecular formula is C17H17N5O6S2. The first-order valence-corrected chi connectivity index (χ1v) is 11.4. The number of aryl methyl sites for hydroxylation is 1. The minimum absolute atomic E-state index is 0.131. The molecule has 0 unspecified atom stereocenters. The van der Waals surface area contributed by atoms with Crippen LogP contribution in [0.3, 0.4) is 0 Å². The maximum absolute atomic E-state index is 11.3. The first kappa shape index (κ1) is 21.6. The third-order valence-electron chi connectivity index (χ3n) is 3.79. The zero-order valence-corrected chi connectivity index (χ0v) is 17.1. The fourth-order valence-electron chi connectivity index (χ4n) is 2.39. The first-order chi connectivity index (χ1) is 14.0. The maximum atomic E-state index is 11.3. The Morgan fingerprint density at radius 2 is 1.33 bits per heavy atom. The van der Waals surface area contributed by atoms with Gasteiger partial charge in [-0.2, -0.15) is 31.8 Å². The molecule has 1 heterocycles. The molecule has 0 saturated heterocycles. The van der Waals surface area contributed by atoms with E-state index in [-0.39, 0.29) is 21.7 Å². The fourth-order valence-corrected chi connectivity index (χ4v) is 3.40. The summed E-state index contributed by atoms with van der Waals surface area (Å²) >= 11 is 0. The monoisotopic (exact) mass is 451 g/mol. The van der Waals surface area contributed by atoms with Gasteiger partial charge in [-0.3, -0.25) is 9.11 Å². The molecule has 3 aromatic rings. The van der Waals surface area contributed by atoms with Crippen molar-refractivity contribution in [3.05, 3.63) is 54.4 Å². The Labute approximate surface area is 172 Å². The molecule has 0 amide bonds. The number of aromatic nitrogens is 3. The van der Waals surface area contributed by atoms with Gasteiger partial charge in [0.05, 0.1) is 9.79 Å². The van der Waals surface area contributed by atoms with Crippen molar-refractivity contribution < 1.29 is 25.9 Å². The van der Waals surface area contributed by atoms with E-state index in [1.165, 1.54) is 42.5 Å². The van der Waals surface area contributed by atoms with Gasteiger partial charge in [-0.25, -0.2) is 0 Å². The molecule has 0 bridgehead atoms. The standard InChI is InChI=1S/C17H17N5O6S2/c1-2-15-20-16(18-11-6-8-13(9-7-11)29(23,24)25)22-17(21-15)19-12-4-3-5-14(10-12)30(26,27)28/h3-10H,2H2,1H3,(H,23,24,25)(H,26,27,28)(H2,18,19,20,21,22). The largest absolute Gasteiger partial charge is 0.324 e. The predicted octanol–water partition coefficient (Wildman–Crippen LogP) is 2.41. The van der Waals surface area contributed by atoms with Crippen LogP contribution in [0.15, 0.2) is 58.3 Å². The molecule has 30 heavy (non-hydrogen) atoms. The average molecular weight is 451 g/mol. The number of hydrogen-bond acceptors (Lipinski definition) is 9. The lowest BCUT2D eigenvalue weighted by Gasteiger charge is -2.10. The highest BCUT2D eigenvalue weighted by atomic mass is 32.2. The molecule has 13 heteroatoms. The van der Waals surface area contributed by atoms with Crippen molar-refractivity contribution in [2.75, 3.05) is 10.6 Å². The number of nitrogens with one attached hydrogen (secondary N) is 2. The van der Waals surface area contributed by atoms with Crippen molar-refractivity contribution in [1.29, 1.82) is 0 Å². The Hall–Kier alpha value is -3.13. The van der Waals surface area contributed by atoms with Gasteiger partial charge in [0, 0.05) is 17.8 Å². The molecule has 0 aliphatic carbocycles. The quantitative estimate of drug-likeness (QED) is 0.389. The molecular weight excluding hydrogens is 434 g/mol. The van der Waals surface area contributed by atoms with E-state index in [0.717, 1.165) is 0 Å². The average Bonchev–Trinajstić information content (AvgIpc) is 2.67. The molecule has 11 nitrogen and oxygen atoms in total. The highest BCUT2D eigenvalue weighted by molar-refractivity contribution is 7.86. The summed E-state index contributed by atoms with van der Waals surface area (Å²) < 4.78 is 63.1. The normalized spacial score (nSPS) is 11.8.